The third kappa shape index (κ3) is 3.61. The number of carbonyl (C=O) groups excluding carboxylic acids is 1. The van der Waals surface area contributed by atoms with Gasteiger partial charge in [0, 0.05) is 6.26 Å². The van der Waals surface area contributed by atoms with Gasteiger partial charge in [-0.1, -0.05) is 29.3 Å². The number of hydrogen-bond acceptors (Lipinski definition) is 2. The highest BCUT2D eigenvalue weighted by molar-refractivity contribution is 7.84. The molecule has 2 aromatic carbocycles. The fourth-order valence-electron chi connectivity index (χ4n) is 1.76. The van der Waals surface area contributed by atoms with Crippen LogP contribution in [0.3, 0.4) is 0 Å². The smallest absolute Gasteiger partial charge is 0.257 e. The molecule has 0 fully saturated rings. The van der Waals surface area contributed by atoms with Crippen LogP contribution in [-0.4, -0.2) is 16.4 Å². The number of amides is 1. The molecule has 0 aliphatic rings. The summed E-state index contributed by atoms with van der Waals surface area (Å²) in [5.41, 5.74) is 0.444. The van der Waals surface area contributed by atoms with Gasteiger partial charge in [0.1, 0.15) is 5.82 Å². The fourth-order valence-corrected chi connectivity index (χ4v) is 3.29. The van der Waals surface area contributed by atoms with Crippen LogP contribution >= 0.6 is 23.2 Å². The first-order valence-electron chi connectivity index (χ1n) is 5.78. The van der Waals surface area contributed by atoms with E-state index in [0.717, 1.165) is 12.1 Å². The van der Waals surface area contributed by atoms with E-state index in [9.17, 15) is 13.4 Å². The third-order valence-corrected chi connectivity index (χ3v) is 4.43. The predicted molar refractivity (Wildman–Crippen MR) is 83.1 cm³/mol. The van der Waals surface area contributed by atoms with Crippen LogP contribution in [-0.2, 0) is 10.8 Å². The summed E-state index contributed by atoms with van der Waals surface area (Å²) in [6, 6.07) is 8.25. The van der Waals surface area contributed by atoms with Crippen LogP contribution in [0.25, 0.3) is 0 Å². The van der Waals surface area contributed by atoms with Gasteiger partial charge < -0.3 is 5.32 Å². The minimum atomic E-state index is -1.37. The van der Waals surface area contributed by atoms with Gasteiger partial charge in [-0.2, -0.15) is 0 Å². The van der Waals surface area contributed by atoms with E-state index in [0.29, 0.717) is 15.6 Å². The Morgan fingerprint density at radius 1 is 1.19 bits per heavy atom. The number of anilines is 1. The van der Waals surface area contributed by atoms with Gasteiger partial charge in [-0.25, -0.2) is 4.39 Å². The maximum absolute atomic E-state index is 13.0. The molecule has 0 bridgehead atoms. The zero-order valence-corrected chi connectivity index (χ0v) is 13.2. The first-order valence-corrected chi connectivity index (χ1v) is 8.10. The highest BCUT2D eigenvalue weighted by Crippen LogP contribution is 2.28. The van der Waals surface area contributed by atoms with Crippen LogP contribution < -0.4 is 5.32 Å². The van der Waals surface area contributed by atoms with Gasteiger partial charge in [-0.15, -0.1) is 0 Å². The van der Waals surface area contributed by atoms with Crippen molar-refractivity contribution in [1.29, 1.82) is 0 Å². The molecule has 1 atom stereocenters. The standard InChI is InChI=1S/C14H10Cl2FNO2S/c1-21(20)13-10(15)3-2-4-12(13)18-14(19)9-6-5-8(17)7-11(9)16/h2-7H,1H3,(H,18,19). The lowest BCUT2D eigenvalue weighted by molar-refractivity contribution is 0.102. The molecule has 0 spiro atoms. The van der Waals surface area contributed by atoms with Crippen molar-refractivity contribution in [2.45, 2.75) is 4.90 Å². The summed E-state index contributed by atoms with van der Waals surface area (Å²) in [7, 11) is -1.37. The second kappa shape index (κ2) is 6.56. The number of hydrogen-bond donors (Lipinski definition) is 1. The van der Waals surface area contributed by atoms with Crippen molar-refractivity contribution in [3.05, 3.63) is 57.8 Å². The molecule has 0 radical (unpaired) electrons. The first kappa shape index (κ1) is 15.9. The number of rotatable bonds is 3. The van der Waals surface area contributed by atoms with Gasteiger partial charge in [-0.05, 0) is 30.3 Å². The topological polar surface area (TPSA) is 46.2 Å². The molecule has 1 N–H and O–H groups in total. The highest BCUT2D eigenvalue weighted by atomic mass is 35.5. The van der Waals surface area contributed by atoms with Crippen molar-refractivity contribution in [3.8, 4) is 0 Å². The third-order valence-electron chi connectivity index (χ3n) is 2.68. The summed E-state index contributed by atoms with van der Waals surface area (Å²) >= 11 is 11.8. The van der Waals surface area contributed by atoms with E-state index in [2.05, 4.69) is 5.32 Å². The Morgan fingerprint density at radius 3 is 2.52 bits per heavy atom. The summed E-state index contributed by atoms with van der Waals surface area (Å²) in [5, 5.41) is 2.87. The average molecular weight is 346 g/mol. The number of benzene rings is 2. The van der Waals surface area contributed by atoms with Crippen LogP contribution in [0.2, 0.25) is 10.0 Å². The largest absolute Gasteiger partial charge is 0.321 e. The lowest BCUT2D eigenvalue weighted by Crippen LogP contribution is -2.14. The minimum absolute atomic E-state index is 0.00583. The van der Waals surface area contributed by atoms with E-state index in [1.54, 1.807) is 18.2 Å². The van der Waals surface area contributed by atoms with Gasteiger partial charge >= 0.3 is 0 Å². The van der Waals surface area contributed by atoms with E-state index in [1.165, 1.54) is 12.3 Å². The Hall–Kier alpha value is -1.43. The predicted octanol–water partition coefficient (Wildman–Crippen LogP) is 4.12. The molecular weight excluding hydrogens is 336 g/mol. The summed E-state index contributed by atoms with van der Waals surface area (Å²) < 4.78 is 24.7. The Balaban J connectivity index is 2.36. The molecule has 2 rings (SSSR count). The molecule has 0 heterocycles. The summed E-state index contributed by atoms with van der Waals surface area (Å²) in [6.07, 6.45) is 1.46. The van der Waals surface area contributed by atoms with Gasteiger partial charge in [0.25, 0.3) is 5.91 Å². The van der Waals surface area contributed by atoms with Gasteiger partial charge in [0.15, 0.2) is 0 Å². The average Bonchev–Trinajstić information content (AvgIpc) is 2.37. The van der Waals surface area contributed by atoms with Crippen molar-refractivity contribution >= 4 is 45.6 Å². The highest BCUT2D eigenvalue weighted by Gasteiger charge is 2.16. The Labute approximate surface area is 133 Å². The van der Waals surface area contributed by atoms with Crippen LogP contribution in [0, 0.1) is 5.82 Å². The van der Waals surface area contributed by atoms with Crippen LogP contribution in [0.15, 0.2) is 41.3 Å². The molecule has 3 nitrogen and oxygen atoms in total. The van der Waals surface area contributed by atoms with E-state index in [1.807, 2.05) is 0 Å². The molecule has 2 aromatic rings. The molecule has 0 aliphatic heterocycles. The second-order valence-corrected chi connectivity index (χ2v) is 6.28. The summed E-state index contributed by atoms with van der Waals surface area (Å²) in [4.78, 5) is 12.5. The molecular formula is C14H10Cl2FNO2S. The molecule has 0 saturated carbocycles. The normalized spacial score (nSPS) is 12.0. The van der Waals surface area contributed by atoms with E-state index < -0.39 is 22.5 Å². The van der Waals surface area contributed by atoms with Gasteiger partial charge in [0.2, 0.25) is 0 Å². The van der Waals surface area contributed by atoms with E-state index >= 15 is 0 Å². The van der Waals surface area contributed by atoms with Crippen molar-refractivity contribution in [1.82, 2.24) is 0 Å². The molecule has 21 heavy (non-hydrogen) atoms. The maximum Gasteiger partial charge on any atom is 0.257 e. The SMILES string of the molecule is CS(=O)c1c(Cl)cccc1NC(=O)c1ccc(F)cc1Cl. The number of halogens is 3. The van der Waals surface area contributed by atoms with E-state index in [-0.39, 0.29) is 10.6 Å². The van der Waals surface area contributed by atoms with Gasteiger partial charge in [0.05, 0.1) is 37.0 Å². The second-order valence-electron chi connectivity index (χ2n) is 4.15. The quantitative estimate of drug-likeness (QED) is 0.909. The number of nitrogens with one attached hydrogen (secondary N) is 1. The minimum Gasteiger partial charge on any atom is -0.321 e. The lowest BCUT2D eigenvalue weighted by atomic mass is 10.2. The van der Waals surface area contributed by atoms with E-state index in [4.69, 9.17) is 23.2 Å². The zero-order chi connectivity index (χ0) is 15.6. The van der Waals surface area contributed by atoms with Gasteiger partial charge in [-0.3, -0.25) is 9.00 Å². The summed E-state index contributed by atoms with van der Waals surface area (Å²) in [6.45, 7) is 0. The molecule has 1 amide bonds. The summed E-state index contributed by atoms with van der Waals surface area (Å²) in [5.74, 6) is -1.07. The molecule has 0 saturated heterocycles. The van der Waals surface area contributed by atoms with Crippen LogP contribution in [0.5, 0.6) is 0 Å². The first-order chi connectivity index (χ1) is 9.90. The number of carbonyl (C=O) groups is 1. The van der Waals surface area contributed by atoms with Crippen LogP contribution in [0.4, 0.5) is 10.1 Å². The fraction of sp³-hybridized carbons (Fsp3) is 0.0714. The molecule has 110 valence electrons. The Bertz CT molecular complexity index is 737. The molecule has 7 heteroatoms. The Kier molecular flexibility index (Phi) is 4.98. The van der Waals surface area contributed by atoms with Crippen molar-refractivity contribution in [2.75, 3.05) is 11.6 Å². The maximum atomic E-state index is 13.0. The van der Waals surface area contributed by atoms with Crippen molar-refractivity contribution < 1.29 is 13.4 Å². The van der Waals surface area contributed by atoms with Crippen molar-refractivity contribution in [2.24, 2.45) is 0 Å². The molecule has 0 aliphatic carbocycles. The van der Waals surface area contributed by atoms with Crippen LogP contribution in [0.1, 0.15) is 10.4 Å². The monoisotopic (exact) mass is 345 g/mol. The lowest BCUT2D eigenvalue weighted by Gasteiger charge is -2.11. The zero-order valence-electron chi connectivity index (χ0n) is 10.8. The Morgan fingerprint density at radius 2 is 1.90 bits per heavy atom. The molecule has 1 unspecified atom stereocenters. The molecule has 0 aromatic heterocycles. The van der Waals surface area contributed by atoms with Crippen molar-refractivity contribution in [3.63, 3.8) is 0 Å².